The molecule has 0 unspecified atom stereocenters. The Hall–Kier alpha value is -0.990. The van der Waals surface area contributed by atoms with Crippen LogP contribution in [0.3, 0.4) is 0 Å². The van der Waals surface area contributed by atoms with Crippen molar-refractivity contribution < 1.29 is 14.3 Å². The molecule has 0 heterocycles. The summed E-state index contributed by atoms with van der Waals surface area (Å²) >= 11 is 0. The van der Waals surface area contributed by atoms with Crippen molar-refractivity contribution in [1.29, 1.82) is 0 Å². The van der Waals surface area contributed by atoms with Crippen molar-refractivity contribution in [3.05, 3.63) is 11.7 Å². The summed E-state index contributed by atoms with van der Waals surface area (Å²) in [7, 11) is 1.39. The molecule has 0 aromatic heterocycles. The molecule has 0 saturated carbocycles. The molecule has 0 rings (SSSR count). The molecule has 0 radical (unpaired) electrons. The Morgan fingerprint density at radius 2 is 2.25 bits per heavy atom. The minimum atomic E-state index is -0.0116. The van der Waals surface area contributed by atoms with Gasteiger partial charge in [0.1, 0.15) is 0 Å². The van der Waals surface area contributed by atoms with Gasteiger partial charge >= 0.3 is 5.95 Å². The number of ether oxygens (including phenoxy) is 1. The summed E-state index contributed by atoms with van der Waals surface area (Å²) in [5.41, 5.74) is 0. The van der Waals surface area contributed by atoms with E-state index >= 15 is 0 Å². The number of hydrogen-bond donors (Lipinski definition) is 1. The number of carbonyl (C=O) groups excluding carboxylic acids is 1. The molecule has 0 amide bonds. The van der Waals surface area contributed by atoms with Crippen molar-refractivity contribution in [3.63, 3.8) is 0 Å². The highest BCUT2D eigenvalue weighted by Crippen LogP contribution is 1.96. The predicted octanol–water partition coefficient (Wildman–Crippen LogP) is 0.744. The first kappa shape index (κ1) is 7.01. The molecular weight excluding hydrogens is 108 g/mol. The summed E-state index contributed by atoms with van der Waals surface area (Å²) in [6.45, 7) is 4.48. The number of aliphatic hydroxyl groups is 1. The van der Waals surface area contributed by atoms with Crippen LogP contribution in [0.2, 0.25) is 0 Å². The van der Waals surface area contributed by atoms with Gasteiger partial charge in [0.25, 0.3) is 0 Å². The van der Waals surface area contributed by atoms with Crippen LogP contribution in [0.1, 0.15) is 6.92 Å². The molecule has 0 atom stereocenters. The molecule has 0 aliphatic carbocycles. The molecule has 0 aromatic carbocycles. The van der Waals surface area contributed by atoms with E-state index < -0.39 is 0 Å². The van der Waals surface area contributed by atoms with Crippen molar-refractivity contribution in [3.8, 4) is 0 Å². The molecular formula is C5H9O3+. The van der Waals surface area contributed by atoms with Crippen molar-refractivity contribution in [2.75, 3.05) is 7.11 Å². The lowest BCUT2D eigenvalue weighted by atomic mass is 10.6. The molecule has 8 heavy (non-hydrogen) atoms. The Labute approximate surface area is 47.9 Å². The van der Waals surface area contributed by atoms with E-state index in [1.54, 1.807) is 0 Å². The second-order valence-electron chi connectivity index (χ2n) is 1.22. The molecule has 0 saturated heterocycles. The van der Waals surface area contributed by atoms with Gasteiger partial charge < -0.3 is 9.84 Å². The van der Waals surface area contributed by atoms with Gasteiger partial charge in [0, 0.05) is 6.92 Å². The van der Waals surface area contributed by atoms with Crippen LogP contribution in [-0.4, -0.2) is 19.0 Å². The van der Waals surface area contributed by atoms with Gasteiger partial charge in [-0.3, -0.25) is 4.42 Å². The highest BCUT2D eigenvalue weighted by Gasteiger charge is 2.08. The predicted molar refractivity (Wildman–Crippen MR) is 29.5 cm³/mol. The fraction of sp³-hybridized carbons (Fsp3) is 0.400. The average Bonchev–Trinajstić information content (AvgIpc) is 1.69. The summed E-state index contributed by atoms with van der Waals surface area (Å²) in [5, 5.41) is 8.60. The maximum Gasteiger partial charge on any atom is 0.555 e. The standard InChI is InChI=1S/C5H8O3/c1-4(6)5(7-2)8-3/h2H2,1,3H3/p+1. The topological polar surface area (TPSA) is 40.8 Å². The van der Waals surface area contributed by atoms with Gasteiger partial charge in [-0.25, -0.2) is 0 Å². The van der Waals surface area contributed by atoms with E-state index in [2.05, 4.69) is 16.0 Å². The average molecular weight is 117 g/mol. The number of hydrogen-bond acceptors (Lipinski definition) is 2. The Balaban J connectivity index is 4.07. The number of allylic oxidation sites excluding steroid dienone is 1. The van der Waals surface area contributed by atoms with Gasteiger partial charge in [-0.2, -0.15) is 0 Å². The zero-order chi connectivity index (χ0) is 6.57. The van der Waals surface area contributed by atoms with Crippen LogP contribution in [0.5, 0.6) is 0 Å². The first-order valence-electron chi connectivity index (χ1n) is 2.08. The van der Waals surface area contributed by atoms with Crippen LogP contribution in [0.15, 0.2) is 11.7 Å². The van der Waals surface area contributed by atoms with E-state index in [9.17, 15) is 0 Å². The van der Waals surface area contributed by atoms with Crippen LogP contribution in [-0.2, 0) is 9.16 Å². The van der Waals surface area contributed by atoms with Crippen molar-refractivity contribution in [2.24, 2.45) is 0 Å². The summed E-state index contributed by atoms with van der Waals surface area (Å²) in [4.78, 5) is 0. The quantitative estimate of drug-likeness (QED) is 0.428. The summed E-state index contributed by atoms with van der Waals surface area (Å²) in [6, 6.07) is 0. The van der Waals surface area contributed by atoms with Crippen molar-refractivity contribution in [1.82, 2.24) is 0 Å². The minimum Gasteiger partial charge on any atom is -0.502 e. The van der Waals surface area contributed by atoms with Gasteiger partial charge in [0.2, 0.25) is 5.76 Å². The molecule has 0 spiro atoms. The molecule has 3 nitrogen and oxygen atoms in total. The third kappa shape index (κ3) is 1.64. The largest absolute Gasteiger partial charge is 0.555 e. The lowest BCUT2D eigenvalue weighted by Crippen LogP contribution is -1.89. The molecule has 46 valence electrons. The SMILES string of the molecule is C=[O+]C(OC)=C(C)O. The Bertz CT molecular complexity index is 111. The Morgan fingerprint density at radius 1 is 1.75 bits per heavy atom. The fourth-order valence-electron chi connectivity index (χ4n) is 0.311. The van der Waals surface area contributed by atoms with E-state index in [0.717, 1.165) is 0 Å². The van der Waals surface area contributed by atoms with Gasteiger partial charge in [0.05, 0.1) is 0 Å². The second-order valence-corrected chi connectivity index (χ2v) is 1.22. The summed E-state index contributed by atoms with van der Waals surface area (Å²) in [6.07, 6.45) is 0. The van der Waals surface area contributed by atoms with Crippen LogP contribution in [0.25, 0.3) is 0 Å². The van der Waals surface area contributed by atoms with E-state index in [1.165, 1.54) is 14.0 Å². The van der Waals surface area contributed by atoms with E-state index in [4.69, 9.17) is 5.11 Å². The van der Waals surface area contributed by atoms with Crippen LogP contribution in [0, 0.1) is 0 Å². The van der Waals surface area contributed by atoms with Crippen molar-refractivity contribution in [2.45, 2.75) is 6.92 Å². The molecule has 0 fully saturated rings. The van der Waals surface area contributed by atoms with Crippen LogP contribution in [0.4, 0.5) is 0 Å². The molecule has 1 N–H and O–H groups in total. The normalized spacial score (nSPS) is 12.2. The maximum atomic E-state index is 8.60. The zero-order valence-corrected chi connectivity index (χ0v) is 4.97. The third-order valence-electron chi connectivity index (χ3n) is 0.612. The molecule has 0 aromatic rings. The monoisotopic (exact) mass is 117 g/mol. The molecule has 0 bridgehead atoms. The second kappa shape index (κ2) is 3.07. The van der Waals surface area contributed by atoms with Gasteiger partial charge in [-0.05, 0) is 0 Å². The van der Waals surface area contributed by atoms with Crippen LogP contribution >= 0.6 is 0 Å². The van der Waals surface area contributed by atoms with E-state index in [1.807, 2.05) is 0 Å². The van der Waals surface area contributed by atoms with E-state index in [0.29, 0.717) is 0 Å². The fourth-order valence-corrected chi connectivity index (χ4v) is 0.311. The molecule has 0 aliphatic heterocycles. The highest BCUT2D eigenvalue weighted by atomic mass is 16.6. The smallest absolute Gasteiger partial charge is 0.502 e. The van der Waals surface area contributed by atoms with E-state index in [-0.39, 0.29) is 11.7 Å². The first-order valence-corrected chi connectivity index (χ1v) is 2.08. The Kier molecular flexibility index (Phi) is 2.69. The lowest BCUT2D eigenvalue weighted by Gasteiger charge is -1.83. The number of rotatable bonds is 2. The molecule has 3 heteroatoms. The van der Waals surface area contributed by atoms with Gasteiger partial charge in [-0.15, -0.1) is 0 Å². The van der Waals surface area contributed by atoms with Gasteiger partial charge in [-0.1, -0.05) is 0 Å². The van der Waals surface area contributed by atoms with Crippen LogP contribution < -0.4 is 0 Å². The minimum absolute atomic E-state index is 0.0116. The molecule has 0 aliphatic rings. The summed E-state index contributed by atoms with van der Waals surface area (Å²) < 4.78 is 8.82. The first-order chi connectivity index (χ1) is 3.72. The number of methoxy groups -OCH3 is 1. The highest BCUT2D eigenvalue weighted by molar-refractivity contribution is 5.13. The Morgan fingerprint density at radius 3 is 2.25 bits per heavy atom. The lowest BCUT2D eigenvalue weighted by molar-refractivity contribution is -0.432. The zero-order valence-electron chi connectivity index (χ0n) is 4.97. The maximum absolute atomic E-state index is 8.60. The number of aliphatic hydroxyl groups excluding tert-OH is 1. The third-order valence-corrected chi connectivity index (χ3v) is 0.612. The van der Waals surface area contributed by atoms with Gasteiger partial charge in [0.15, 0.2) is 13.9 Å². The summed E-state index contributed by atoms with van der Waals surface area (Å²) in [5.74, 6) is 0.0347. The van der Waals surface area contributed by atoms with Crippen molar-refractivity contribution >= 4 is 6.79 Å².